The van der Waals surface area contributed by atoms with Gasteiger partial charge in [-0.15, -0.1) is 0 Å². The molecule has 0 unspecified atom stereocenters. The topological polar surface area (TPSA) is 39.1 Å². The van der Waals surface area contributed by atoms with E-state index < -0.39 is 0 Å². The molecule has 17 heavy (non-hydrogen) atoms. The summed E-state index contributed by atoms with van der Waals surface area (Å²) in [6, 6.07) is 0. The molecule has 1 rings (SSSR count). The fraction of sp³-hybridized carbons (Fsp3) is 0.769. The van der Waals surface area contributed by atoms with Gasteiger partial charge in [-0.1, -0.05) is 27.7 Å². The van der Waals surface area contributed by atoms with E-state index in [1.807, 2.05) is 12.4 Å². The lowest BCUT2D eigenvalue weighted by Crippen LogP contribution is -2.15. The molecule has 0 bridgehead atoms. The van der Waals surface area contributed by atoms with Crippen LogP contribution >= 0.6 is 0 Å². The molecule has 0 aliphatic carbocycles. The molecule has 0 radical (unpaired) electrons. The van der Waals surface area contributed by atoms with Crippen LogP contribution in [0.1, 0.15) is 27.7 Å². The lowest BCUT2D eigenvalue weighted by atomic mass is 10.2. The maximum absolute atomic E-state index is 5.57. The highest BCUT2D eigenvalue weighted by molar-refractivity contribution is 5.25. The molecule has 1 aromatic rings. The molecule has 1 heterocycles. The van der Waals surface area contributed by atoms with Crippen LogP contribution in [0.25, 0.3) is 0 Å². The molecule has 0 fully saturated rings. The number of rotatable bonds is 8. The maximum atomic E-state index is 5.57. The van der Waals surface area contributed by atoms with E-state index in [1.54, 1.807) is 0 Å². The van der Waals surface area contributed by atoms with Crippen molar-refractivity contribution in [3.63, 3.8) is 0 Å². The average molecular weight is 239 g/mol. The Morgan fingerprint density at radius 3 is 2.71 bits per heavy atom. The van der Waals surface area contributed by atoms with Gasteiger partial charge in [0.05, 0.1) is 6.61 Å². The third kappa shape index (κ3) is 5.73. The number of hydrogen-bond donors (Lipinski definition) is 1. The van der Waals surface area contributed by atoms with Crippen LogP contribution in [0.4, 0.5) is 5.95 Å². The normalized spacial score (nSPS) is 11.4. The summed E-state index contributed by atoms with van der Waals surface area (Å²) in [5.41, 5.74) is 0. The van der Waals surface area contributed by atoms with Gasteiger partial charge < -0.3 is 14.6 Å². The van der Waals surface area contributed by atoms with Crippen molar-refractivity contribution in [1.29, 1.82) is 0 Å². The Morgan fingerprint density at radius 2 is 2.06 bits per heavy atom. The van der Waals surface area contributed by atoms with Gasteiger partial charge in [-0.05, 0) is 11.8 Å². The predicted octanol–water partition coefficient (Wildman–Crippen LogP) is 2.62. The van der Waals surface area contributed by atoms with Gasteiger partial charge in [-0.25, -0.2) is 4.98 Å². The minimum absolute atomic E-state index is 0.594. The van der Waals surface area contributed by atoms with Crippen LogP contribution in [0.15, 0.2) is 12.4 Å². The SMILES string of the molecule is CC(C)CNc1nccn1CCOCC(C)C. The summed E-state index contributed by atoms with van der Waals surface area (Å²) in [7, 11) is 0. The van der Waals surface area contributed by atoms with E-state index >= 15 is 0 Å². The van der Waals surface area contributed by atoms with Crippen LogP contribution in [-0.4, -0.2) is 29.3 Å². The molecule has 0 saturated heterocycles. The number of aromatic nitrogens is 2. The molecule has 0 aromatic carbocycles. The first kappa shape index (κ1) is 14.0. The molecule has 0 saturated carbocycles. The molecule has 0 amide bonds. The van der Waals surface area contributed by atoms with Crippen molar-refractivity contribution in [3.05, 3.63) is 12.4 Å². The second kappa shape index (κ2) is 7.33. The van der Waals surface area contributed by atoms with Crippen molar-refractivity contribution >= 4 is 5.95 Å². The number of anilines is 1. The summed E-state index contributed by atoms with van der Waals surface area (Å²) in [6.07, 6.45) is 3.81. The quantitative estimate of drug-likeness (QED) is 0.709. The molecule has 1 aromatic heterocycles. The summed E-state index contributed by atoms with van der Waals surface area (Å²) in [5, 5.41) is 3.34. The number of nitrogens with zero attached hydrogens (tertiary/aromatic N) is 2. The van der Waals surface area contributed by atoms with E-state index in [0.29, 0.717) is 11.8 Å². The zero-order valence-corrected chi connectivity index (χ0v) is 11.4. The summed E-state index contributed by atoms with van der Waals surface area (Å²) >= 11 is 0. The first-order valence-corrected chi connectivity index (χ1v) is 6.42. The van der Waals surface area contributed by atoms with E-state index in [0.717, 1.165) is 32.3 Å². The van der Waals surface area contributed by atoms with Gasteiger partial charge in [0.25, 0.3) is 0 Å². The van der Waals surface area contributed by atoms with Crippen LogP contribution in [0.2, 0.25) is 0 Å². The fourth-order valence-electron chi connectivity index (χ4n) is 1.43. The third-order valence-electron chi connectivity index (χ3n) is 2.31. The van der Waals surface area contributed by atoms with Crippen LogP contribution < -0.4 is 5.32 Å². The van der Waals surface area contributed by atoms with Crippen LogP contribution in [-0.2, 0) is 11.3 Å². The molecule has 1 N–H and O–H groups in total. The molecular formula is C13H25N3O. The summed E-state index contributed by atoms with van der Waals surface area (Å²) in [6.45, 7) is 12.1. The smallest absolute Gasteiger partial charge is 0.202 e. The minimum Gasteiger partial charge on any atom is -0.379 e. The molecule has 0 aliphatic heterocycles. The summed E-state index contributed by atoms with van der Waals surface area (Å²) in [4.78, 5) is 4.30. The Kier molecular flexibility index (Phi) is 6.05. The van der Waals surface area contributed by atoms with Gasteiger partial charge in [0.1, 0.15) is 0 Å². The molecule has 0 spiro atoms. The van der Waals surface area contributed by atoms with E-state index in [2.05, 4.69) is 42.6 Å². The standard InChI is InChI=1S/C13H25N3O/c1-11(2)9-15-13-14-5-6-16(13)7-8-17-10-12(3)4/h5-6,11-12H,7-10H2,1-4H3,(H,14,15). The summed E-state index contributed by atoms with van der Waals surface area (Å²) in [5.74, 6) is 2.15. The average Bonchev–Trinajstić information content (AvgIpc) is 2.68. The van der Waals surface area contributed by atoms with E-state index in [1.165, 1.54) is 0 Å². The van der Waals surface area contributed by atoms with Gasteiger partial charge >= 0.3 is 0 Å². The van der Waals surface area contributed by atoms with Gasteiger partial charge in [-0.2, -0.15) is 0 Å². The lowest BCUT2D eigenvalue weighted by Gasteiger charge is -2.12. The van der Waals surface area contributed by atoms with Gasteiger partial charge in [0.15, 0.2) is 0 Å². The van der Waals surface area contributed by atoms with Gasteiger partial charge in [-0.3, -0.25) is 0 Å². The third-order valence-corrected chi connectivity index (χ3v) is 2.31. The molecule has 4 heteroatoms. The second-order valence-electron chi connectivity index (χ2n) is 5.19. The Morgan fingerprint density at radius 1 is 1.29 bits per heavy atom. The van der Waals surface area contributed by atoms with E-state index in [-0.39, 0.29) is 0 Å². The molecule has 0 aliphatic rings. The molecule has 0 atom stereocenters. The van der Waals surface area contributed by atoms with Crippen molar-refractivity contribution in [3.8, 4) is 0 Å². The van der Waals surface area contributed by atoms with Crippen LogP contribution in [0, 0.1) is 11.8 Å². The van der Waals surface area contributed by atoms with E-state index in [9.17, 15) is 0 Å². The minimum atomic E-state index is 0.594. The van der Waals surface area contributed by atoms with Gasteiger partial charge in [0, 0.05) is 32.1 Å². The van der Waals surface area contributed by atoms with Crippen molar-refractivity contribution in [1.82, 2.24) is 9.55 Å². The zero-order valence-electron chi connectivity index (χ0n) is 11.4. The maximum Gasteiger partial charge on any atom is 0.202 e. The van der Waals surface area contributed by atoms with Gasteiger partial charge in [0.2, 0.25) is 5.95 Å². The van der Waals surface area contributed by atoms with Crippen molar-refractivity contribution < 1.29 is 4.74 Å². The fourth-order valence-corrected chi connectivity index (χ4v) is 1.43. The zero-order chi connectivity index (χ0) is 12.7. The van der Waals surface area contributed by atoms with Crippen molar-refractivity contribution in [2.75, 3.05) is 25.1 Å². The highest BCUT2D eigenvalue weighted by atomic mass is 16.5. The number of nitrogens with one attached hydrogen (secondary N) is 1. The van der Waals surface area contributed by atoms with Crippen LogP contribution in [0.3, 0.4) is 0 Å². The monoisotopic (exact) mass is 239 g/mol. The Hall–Kier alpha value is -1.03. The summed E-state index contributed by atoms with van der Waals surface area (Å²) < 4.78 is 7.67. The van der Waals surface area contributed by atoms with E-state index in [4.69, 9.17) is 4.74 Å². The highest BCUT2D eigenvalue weighted by Crippen LogP contribution is 2.05. The first-order chi connectivity index (χ1) is 8.09. The number of hydrogen-bond acceptors (Lipinski definition) is 3. The highest BCUT2D eigenvalue weighted by Gasteiger charge is 2.03. The first-order valence-electron chi connectivity index (χ1n) is 6.42. The molecule has 4 nitrogen and oxygen atoms in total. The van der Waals surface area contributed by atoms with Crippen molar-refractivity contribution in [2.45, 2.75) is 34.2 Å². The number of ether oxygens (including phenoxy) is 1. The largest absolute Gasteiger partial charge is 0.379 e. The van der Waals surface area contributed by atoms with Crippen LogP contribution in [0.5, 0.6) is 0 Å². The predicted molar refractivity (Wildman–Crippen MR) is 71.2 cm³/mol. The Bertz CT molecular complexity index is 307. The molecule has 98 valence electrons. The Balaban J connectivity index is 2.30. The second-order valence-corrected chi connectivity index (χ2v) is 5.19. The van der Waals surface area contributed by atoms with Crippen molar-refractivity contribution in [2.24, 2.45) is 11.8 Å². The Labute approximate surface area is 104 Å². The molecular weight excluding hydrogens is 214 g/mol. The number of imidazole rings is 1. The lowest BCUT2D eigenvalue weighted by molar-refractivity contribution is 0.103.